The first-order valence-corrected chi connectivity index (χ1v) is 6.23. The highest BCUT2D eigenvalue weighted by Crippen LogP contribution is 2.13. The van der Waals surface area contributed by atoms with E-state index < -0.39 is 0 Å². The normalized spacial score (nSPS) is 17.4. The molecule has 0 aliphatic rings. The molecule has 2 unspecified atom stereocenters. The molecule has 0 aromatic carbocycles. The minimum absolute atomic E-state index is 0.228. The molecule has 3 N–H and O–H groups in total. The smallest absolute Gasteiger partial charge is 0.0350 e. The zero-order valence-electron chi connectivity index (χ0n) is 11.3. The number of nitrogens with one attached hydrogen (secondary N) is 1. The van der Waals surface area contributed by atoms with E-state index in [2.05, 4.69) is 45.7 Å². The van der Waals surface area contributed by atoms with E-state index in [1.165, 1.54) is 12.8 Å². The molecule has 0 fully saturated rings. The van der Waals surface area contributed by atoms with E-state index in [0.29, 0.717) is 12.0 Å². The van der Waals surface area contributed by atoms with Crippen molar-refractivity contribution in [3.8, 4) is 0 Å². The van der Waals surface area contributed by atoms with E-state index in [-0.39, 0.29) is 5.54 Å². The zero-order chi connectivity index (χ0) is 12.6. The van der Waals surface area contributed by atoms with Crippen molar-refractivity contribution in [1.82, 2.24) is 5.32 Å². The second-order valence-electron chi connectivity index (χ2n) is 5.14. The van der Waals surface area contributed by atoms with Gasteiger partial charge in [-0.1, -0.05) is 19.9 Å². The summed E-state index contributed by atoms with van der Waals surface area (Å²) in [6, 6.07) is 0.499. The van der Waals surface area contributed by atoms with E-state index in [1.54, 1.807) is 0 Å². The third-order valence-corrected chi connectivity index (χ3v) is 3.11. The average Bonchev–Trinajstić information content (AvgIpc) is 2.17. The fraction of sp³-hybridized carbons (Fsp3) is 0.714. The molecule has 0 amide bonds. The maximum absolute atomic E-state index is 6.13. The van der Waals surface area contributed by atoms with Gasteiger partial charge < -0.3 is 11.1 Å². The molecule has 0 saturated heterocycles. The minimum Gasteiger partial charge on any atom is -0.389 e. The predicted molar refractivity (Wildman–Crippen MR) is 73.2 cm³/mol. The molecule has 0 spiro atoms. The lowest BCUT2D eigenvalue weighted by Crippen LogP contribution is -2.40. The molecular formula is C14H28N2. The molecule has 0 saturated carbocycles. The van der Waals surface area contributed by atoms with Gasteiger partial charge >= 0.3 is 0 Å². The Morgan fingerprint density at radius 1 is 1.38 bits per heavy atom. The van der Waals surface area contributed by atoms with Crippen LogP contribution in [0.1, 0.15) is 47.0 Å². The summed E-state index contributed by atoms with van der Waals surface area (Å²) < 4.78 is 0. The number of hydrogen-bond acceptors (Lipinski definition) is 2. The first-order chi connectivity index (χ1) is 7.40. The molecule has 2 atom stereocenters. The minimum atomic E-state index is -0.228. The van der Waals surface area contributed by atoms with E-state index in [0.717, 1.165) is 6.42 Å². The van der Waals surface area contributed by atoms with Gasteiger partial charge in [-0.05, 0) is 51.3 Å². The molecular weight excluding hydrogens is 196 g/mol. The Labute approximate surface area is 101 Å². The maximum atomic E-state index is 6.13. The van der Waals surface area contributed by atoms with Crippen molar-refractivity contribution in [2.45, 2.75) is 58.5 Å². The summed E-state index contributed by atoms with van der Waals surface area (Å²) in [6.07, 6.45) is 9.48. The van der Waals surface area contributed by atoms with Gasteiger partial charge in [-0.2, -0.15) is 0 Å². The molecule has 0 radical (unpaired) electrons. The molecule has 94 valence electrons. The third-order valence-electron chi connectivity index (χ3n) is 3.11. The van der Waals surface area contributed by atoms with Crippen LogP contribution in [0.3, 0.4) is 0 Å². The van der Waals surface area contributed by atoms with Crippen LogP contribution in [0.5, 0.6) is 0 Å². The summed E-state index contributed by atoms with van der Waals surface area (Å²) >= 11 is 0. The zero-order valence-corrected chi connectivity index (χ0v) is 11.3. The molecule has 0 aliphatic carbocycles. The number of nitrogens with two attached hydrogens (primary N) is 1. The molecule has 2 heteroatoms. The van der Waals surface area contributed by atoms with E-state index in [1.807, 2.05) is 12.3 Å². The number of rotatable bonds is 8. The Morgan fingerprint density at radius 3 is 2.50 bits per heavy atom. The monoisotopic (exact) mass is 224 g/mol. The van der Waals surface area contributed by atoms with Gasteiger partial charge in [0, 0.05) is 11.6 Å². The highest BCUT2D eigenvalue weighted by molar-refractivity contribution is 5.03. The quantitative estimate of drug-likeness (QED) is 0.491. The Morgan fingerprint density at radius 2 is 2.00 bits per heavy atom. The highest BCUT2D eigenvalue weighted by Gasteiger charge is 2.18. The lowest BCUT2D eigenvalue weighted by molar-refractivity contribution is 0.416. The summed E-state index contributed by atoms with van der Waals surface area (Å²) in [4.78, 5) is 0. The Bertz CT molecular complexity index is 217. The first-order valence-electron chi connectivity index (χ1n) is 6.23. The van der Waals surface area contributed by atoms with Crippen LogP contribution in [0.2, 0.25) is 0 Å². The van der Waals surface area contributed by atoms with Crippen molar-refractivity contribution in [1.29, 1.82) is 0 Å². The van der Waals surface area contributed by atoms with E-state index >= 15 is 0 Å². The van der Waals surface area contributed by atoms with Crippen molar-refractivity contribution in [3.63, 3.8) is 0 Å². The second kappa shape index (κ2) is 7.50. The van der Waals surface area contributed by atoms with Crippen molar-refractivity contribution in [3.05, 3.63) is 24.9 Å². The Balaban J connectivity index is 3.86. The topological polar surface area (TPSA) is 38.0 Å². The van der Waals surface area contributed by atoms with Crippen LogP contribution >= 0.6 is 0 Å². The van der Waals surface area contributed by atoms with E-state index in [9.17, 15) is 0 Å². The van der Waals surface area contributed by atoms with Gasteiger partial charge in [-0.15, -0.1) is 6.58 Å². The van der Waals surface area contributed by atoms with Crippen molar-refractivity contribution in [2.75, 3.05) is 0 Å². The van der Waals surface area contributed by atoms with Crippen LogP contribution in [-0.2, 0) is 0 Å². The molecule has 0 aliphatic heterocycles. The lowest BCUT2D eigenvalue weighted by atomic mass is 9.90. The molecule has 16 heavy (non-hydrogen) atoms. The van der Waals surface area contributed by atoms with Gasteiger partial charge in [0.15, 0.2) is 0 Å². The van der Waals surface area contributed by atoms with Gasteiger partial charge in [-0.25, -0.2) is 0 Å². The molecule has 0 rings (SSSR count). The lowest BCUT2D eigenvalue weighted by Gasteiger charge is -2.25. The van der Waals surface area contributed by atoms with Crippen molar-refractivity contribution < 1.29 is 0 Å². The van der Waals surface area contributed by atoms with Crippen LogP contribution in [-0.4, -0.2) is 11.6 Å². The maximum Gasteiger partial charge on any atom is 0.0350 e. The standard InChI is InChI=1S/C14H28N2/c1-6-7-8-9-13(4)16-11-10-14(5,15)12(2)3/h6,10-13,16H,1,7-9,15H2,2-5H3/b11-10+. The highest BCUT2D eigenvalue weighted by atomic mass is 14.9. The second-order valence-corrected chi connectivity index (χ2v) is 5.14. The molecule has 0 bridgehead atoms. The van der Waals surface area contributed by atoms with E-state index in [4.69, 9.17) is 5.73 Å². The van der Waals surface area contributed by atoms with Gasteiger partial charge in [0.2, 0.25) is 0 Å². The van der Waals surface area contributed by atoms with Gasteiger partial charge in [0.1, 0.15) is 0 Å². The first kappa shape index (κ1) is 15.2. The SMILES string of the molecule is C=CCCCC(C)N/C=C/C(C)(N)C(C)C. The van der Waals surface area contributed by atoms with Gasteiger partial charge in [0.05, 0.1) is 0 Å². The summed E-state index contributed by atoms with van der Waals surface area (Å²) in [5.74, 6) is 0.446. The summed E-state index contributed by atoms with van der Waals surface area (Å²) in [6.45, 7) is 12.2. The molecule has 2 nitrogen and oxygen atoms in total. The van der Waals surface area contributed by atoms with Crippen molar-refractivity contribution in [2.24, 2.45) is 11.7 Å². The van der Waals surface area contributed by atoms with Crippen LogP contribution in [0.25, 0.3) is 0 Å². The summed E-state index contributed by atoms with van der Waals surface area (Å²) in [5, 5.41) is 3.36. The van der Waals surface area contributed by atoms with Gasteiger partial charge in [-0.3, -0.25) is 0 Å². The fourth-order valence-corrected chi connectivity index (χ4v) is 1.24. The van der Waals surface area contributed by atoms with Crippen molar-refractivity contribution >= 4 is 0 Å². The molecule has 0 aromatic heterocycles. The fourth-order valence-electron chi connectivity index (χ4n) is 1.24. The molecule has 0 heterocycles. The largest absolute Gasteiger partial charge is 0.389 e. The van der Waals surface area contributed by atoms with Crippen LogP contribution in [0.15, 0.2) is 24.9 Å². The number of unbranched alkanes of at least 4 members (excludes halogenated alkanes) is 1. The Kier molecular flexibility index (Phi) is 7.15. The Hall–Kier alpha value is -0.760. The number of allylic oxidation sites excluding steroid dienone is 1. The predicted octanol–water partition coefficient (Wildman–Crippen LogP) is 3.21. The van der Waals surface area contributed by atoms with Crippen LogP contribution in [0.4, 0.5) is 0 Å². The third kappa shape index (κ3) is 6.67. The average molecular weight is 224 g/mol. The van der Waals surface area contributed by atoms with Crippen LogP contribution < -0.4 is 11.1 Å². The van der Waals surface area contributed by atoms with Crippen LogP contribution in [0, 0.1) is 5.92 Å². The molecule has 0 aromatic rings. The van der Waals surface area contributed by atoms with Gasteiger partial charge in [0.25, 0.3) is 0 Å². The summed E-state index contributed by atoms with van der Waals surface area (Å²) in [5.41, 5.74) is 5.90. The summed E-state index contributed by atoms with van der Waals surface area (Å²) in [7, 11) is 0. The number of hydrogen-bond donors (Lipinski definition) is 2.